The lowest BCUT2D eigenvalue weighted by molar-refractivity contribution is 0.0942. The summed E-state index contributed by atoms with van der Waals surface area (Å²) < 4.78 is 1.02. The van der Waals surface area contributed by atoms with Crippen LogP contribution in [0.2, 0.25) is 0 Å². The van der Waals surface area contributed by atoms with Gasteiger partial charge in [0.05, 0.1) is 14.0 Å². The second-order valence-electron chi connectivity index (χ2n) is 4.09. The van der Waals surface area contributed by atoms with Crippen molar-refractivity contribution in [2.24, 2.45) is 0 Å². The molecule has 1 N–H and O–H groups in total. The number of thiophene rings is 1. The quantitative estimate of drug-likeness (QED) is 0.826. The van der Waals surface area contributed by atoms with Gasteiger partial charge in [0, 0.05) is 6.04 Å². The molecule has 1 aliphatic carbocycles. The highest BCUT2D eigenvalue weighted by atomic mass is 79.9. The SMILES string of the molecule is Cc1cc(C(=O)NC2CCCC2Cl)sc1Br. The molecule has 1 aliphatic rings. The number of hydrogen-bond acceptors (Lipinski definition) is 2. The molecule has 0 saturated heterocycles. The zero-order chi connectivity index (χ0) is 11.7. The Bertz CT molecular complexity index is 387. The number of carbonyl (C=O) groups is 1. The lowest BCUT2D eigenvalue weighted by atomic mass is 10.2. The van der Waals surface area contributed by atoms with E-state index < -0.39 is 0 Å². The summed E-state index contributed by atoms with van der Waals surface area (Å²) in [5.74, 6) is -0.00338. The molecule has 0 spiro atoms. The first-order valence-corrected chi connectivity index (χ1v) is 7.33. The fourth-order valence-electron chi connectivity index (χ4n) is 1.89. The Balaban J connectivity index is 2.02. The van der Waals surface area contributed by atoms with Crippen molar-refractivity contribution in [1.82, 2.24) is 5.32 Å². The van der Waals surface area contributed by atoms with Crippen LogP contribution in [0.25, 0.3) is 0 Å². The summed E-state index contributed by atoms with van der Waals surface area (Å²) >= 11 is 11.0. The predicted molar refractivity (Wildman–Crippen MR) is 71.5 cm³/mol. The van der Waals surface area contributed by atoms with Gasteiger partial charge in [-0.05, 0) is 53.7 Å². The molecule has 5 heteroatoms. The molecule has 2 nitrogen and oxygen atoms in total. The lowest BCUT2D eigenvalue weighted by Gasteiger charge is -2.14. The molecule has 0 aliphatic heterocycles. The van der Waals surface area contributed by atoms with Crippen molar-refractivity contribution in [3.8, 4) is 0 Å². The highest BCUT2D eigenvalue weighted by Gasteiger charge is 2.27. The van der Waals surface area contributed by atoms with Gasteiger partial charge in [-0.2, -0.15) is 0 Å². The van der Waals surface area contributed by atoms with Gasteiger partial charge < -0.3 is 5.32 Å². The van der Waals surface area contributed by atoms with Crippen LogP contribution in [0.5, 0.6) is 0 Å². The van der Waals surface area contributed by atoms with Crippen molar-refractivity contribution in [3.63, 3.8) is 0 Å². The molecule has 0 aromatic carbocycles. The average Bonchev–Trinajstić information content (AvgIpc) is 2.76. The van der Waals surface area contributed by atoms with Crippen molar-refractivity contribution >= 4 is 44.8 Å². The van der Waals surface area contributed by atoms with Gasteiger partial charge in [0.25, 0.3) is 5.91 Å². The van der Waals surface area contributed by atoms with E-state index in [-0.39, 0.29) is 17.3 Å². The van der Waals surface area contributed by atoms with Crippen LogP contribution >= 0.6 is 38.9 Å². The zero-order valence-corrected chi connectivity index (χ0v) is 12.1. The standard InChI is InChI=1S/C11H13BrClNOS/c1-6-5-9(16-10(6)12)11(15)14-8-4-2-3-7(8)13/h5,7-8H,2-4H2,1H3,(H,14,15). The number of hydrogen-bond donors (Lipinski definition) is 1. The summed E-state index contributed by atoms with van der Waals surface area (Å²) in [5, 5.41) is 3.10. The predicted octanol–water partition coefficient (Wildman–Crippen LogP) is 3.71. The Kier molecular flexibility index (Phi) is 3.93. The third-order valence-corrected chi connectivity index (χ3v) is 5.49. The second kappa shape index (κ2) is 5.07. The molecule has 2 unspecified atom stereocenters. The molecule has 1 amide bonds. The van der Waals surface area contributed by atoms with Crippen LogP contribution < -0.4 is 5.32 Å². The number of amides is 1. The molecule has 88 valence electrons. The molecule has 2 atom stereocenters. The number of carbonyl (C=O) groups excluding carboxylic acids is 1. The van der Waals surface area contributed by atoms with Crippen LogP contribution in [0.15, 0.2) is 9.85 Å². The summed E-state index contributed by atoms with van der Waals surface area (Å²) in [6, 6.07) is 2.04. The maximum absolute atomic E-state index is 11.9. The molecule has 1 aromatic heterocycles. The second-order valence-corrected chi connectivity index (χ2v) is 7.02. The number of nitrogens with one attached hydrogen (secondary N) is 1. The Morgan fingerprint density at radius 2 is 2.38 bits per heavy atom. The molecule has 16 heavy (non-hydrogen) atoms. The summed E-state index contributed by atoms with van der Waals surface area (Å²) in [6.45, 7) is 1.98. The van der Waals surface area contributed by atoms with Gasteiger partial charge in [-0.1, -0.05) is 0 Å². The Labute approximate surface area is 113 Å². The summed E-state index contributed by atoms with van der Waals surface area (Å²) in [6.07, 6.45) is 3.09. The molecule has 0 radical (unpaired) electrons. The van der Waals surface area contributed by atoms with E-state index in [0.29, 0.717) is 0 Å². The van der Waals surface area contributed by atoms with E-state index in [9.17, 15) is 4.79 Å². The highest BCUT2D eigenvalue weighted by molar-refractivity contribution is 9.11. The molecule has 1 fully saturated rings. The number of alkyl halides is 1. The minimum absolute atomic E-state index is 0.00338. The third kappa shape index (κ3) is 2.60. The summed E-state index contributed by atoms with van der Waals surface area (Å²) in [5.41, 5.74) is 1.10. The first-order valence-electron chi connectivity index (χ1n) is 5.29. The molecular formula is C11H13BrClNOS. The van der Waals surface area contributed by atoms with Crippen LogP contribution in [0.1, 0.15) is 34.5 Å². The number of halogens is 2. The van der Waals surface area contributed by atoms with E-state index in [2.05, 4.69) is 21.2 Å². The molecule has 0 bridgehead atoms. The summed E-state index contributed by atoms with van der Waals surface area (Å²) in [7, 11) is 0. The van der Waals surface area contributed by atoms with Gasteiger partial charge in [-0.25, -0.2) is 0 Å². The third-order valence-electron chi connectivity index (χ3n) is 2.83. The maximum atomic E-state index is 11.9. The van der Waals surface area contributed by atoms with Gasteiger partial charge in [0.15, 0.2) is 0 Å². The fraction of sp³-hybridized carbons (Fsp3) is 0.545. The van der Waals surface area contributed by atoms with Gasteiger partial charge in [0.2, 0.25) is 0 Å². The molecule has 1 aromatic rings. The minimum atomic E-state index is -0.00338. The minimum Gasteiger partial charge on any atom is -0.347 e. The Morgan fingerprint density at radius 3 is 2.88 bits per heavy atom. The van der Waals surface area contributed by atoms with Gasteiger partial charge in [-0.15, -0.1) is 22.9 Å². The van der Waals surface area contributed by atoms with Crippen molar-refractivity contribution in [2.45, 2.75) is 37.6 Å². The van der Waals surface area contributed by atoms with E-state index in [1.165, 1.54) is 11.3 Å². The van der Waals surface area contributed by atoms with Crippen molar-refractivity contribution in [2.75, 3.05) is 0 Å². The highest BCUT2D eigenvalue weighted by Crippen LogP contribution is 2.28. The molecular weight excluding hydrogens is 310 g/mol. The van der Waals surface area contributed by atoms with Crippen LogP contribution in [0, 0.1) is 6.92 Å². The molecule has 1 heterocycles. The molecule has 2 rings (SSSR count). The van der Waals surface area contributed by atoms with E-state index in [1.54, 1.807) is 0 Å². The van der Waals surface area contributed by atoms with E-state index >= 15 is 0 Å². The van der Waals surface area contributed by atoms with E-state index in [0.717, 1.165) is 33.5 Å². The van der Waals surface area contributed by atoms with Gasteiger partial charge in [-0.3, -0.25) is 4.79 Å². The van der Waals surface area contributed by atoms with E-state index in [1.807, 2.05) is 13.0 Å². The largest absolute Gasteiger partial charge is 0.347 e. The summed E-state index contributed by atoms with van der Waals surface area (Å²) in [4.78, 5) is 12.7. The Morgan fingerprint density at radius 1 is 1.62 bits per heavy atom. The monoisotopic (exact) mass is 321 g/mol. The Hall–Kier alpha value is -0.0600. The van der Waals surface area contributed by atoms with Gasteiger partial charge >= 0.3 is 0 Å². The van der Waals surface area contributed by atoms with Crippen LogP contribution in [0.4, 0.5) is 0 Å². The first kappa shape index (κ1) is 12.4. The van der Waals surface area contributed by atoms with Crippen molar-refractivity contribution < 1.29 is 4.79 Å². The number of aryl methyl sites for hydroxylation is 1. The normalized spacial score (nSPS) is 24.7. The van der Waals surface area contributed by atoms with Crippen LogP contribution in [-0.4, -0.2) is 17.3 Å². The topological polar surface area (TPSA) is 29.1 Å². The fourth-order valence-corrected chi connectivity index (χ4v) is 3.67. The van der Waals surface area contributed by atoms with Crippen molar-refractivity contribution in [1.29, 1.82) is 0 Å². The van der Waals surface area contributed by atoms with E-state index in [4.69, 9.17) is 11.6 Å². The average molecular weight is 323 g/mol. The lowest BCUT2D eigenvalue weighted by Crippen LogP contribution is -2.37. The van der Waals surface area contributed by atoms with Gasteiger partial charge in [0.1, 0.15) is 0 Å². The first-order chi connectivity index (χ1) is 7.58. The number of rotatable bonds is 2. The van der Waals surface area contributed by atoms with Crippen molar-refractivity contribution in [3.05, 3.63) is 20.3 Å². The maximum Gasteiger partial charge on any atom is 0.261 e. The van der Waals surface area contributed by atoms with Crippen LogP contribution in [0.3, 0.4) is 0 Å². The van der Waals surface area contributed by atoms with Crippen LogP contribution in [-0.2, 0) is 0 Å². The molecule has 1 saturated carbocycles. The smallest absolute Gasteiger partial charge is 0.261 e. The zero-order valence-electron chi connectivity index (χ0n) is 8.93.